The van der Waals surface area contributed by atoms with Crippen LogP contribution >= 0.6 is 0 Å². The minimum Gasteiger partial charge on any atom is -0.465 e. The van der Waals surface area contributed by atoms with Crippen LogP contribution in [0.25, 0.3) is 0 Å². The van der Waals surface area contributed by atoms with Crippen molar-refractivity contribution < 1.29 is 9.53 Å². The zero-order chi connectivity index (χ0) is 13.7. The van der Waals surface area contributed by atoms with Gasteiger partial charge in [-0.15, -0.1) is 0 Å². The molecule has 0 bridgehead atoms. The third-order valence-corrected chi connectivity index (χ3v) is 2.87. The molecular weight excluding hydrogens is 242 g/mol. The Balaban J connectivity index is 1.76. The molecule has 0 fully saturated rings. The van der Waals surface area contributed by atoms with Gasteiger partial charge in [-0.3, -0.25) is 9.48 Å². The number of carbonyl (C=O) groups excluding carboxylic acids is 1. The van der Waals surface area contributed by atoms with Gasteiger partial charge in [0.25, 0.3) is 0 Å². The normalized spacial score (nSPS) is 10.4. The first-order chi connectivity index (χ1) is 9.15. The van der Waals surface area contributed by atoms with E-state index in [0.717, 1.165) is 11.3 Å². The highest BCUT2D eigenvalue weighted by molar-refractivity contribution is 5.72. The van der Waals surface area contributed by atoms with Gasteiger partial charge in [0.15, 0.2) is 0 Å². The topological polar surface area (TPSA) is 70.1 Å². The third kappa shape index (κ3) is 3.84. The summed E-state index contributed by atoms with van der Waals surface area (Å²) in [6, 6.07) is 9.12. The maximum absolute atomic E-state index is 11.6. The molecule has 0 aliphatic rings. The van der Waals surface area contributed by atoms with Gasteiger partial charge >= 0.3 is 5.97 Å². The van der Waals surface area contributed by atoms with Crippen LogP contribution in [0, 0.1) is 0 Å². The number of aryl methyl sites for hydroxylation is 1. The molecule has 2 aromatic rings. The molecule has 1 aromatic carbocycles. The Hall–Kier alpha value is -2.30. The van der Waals surface area contributed by atoms with E-state index in [4.69, 9.17) is 10.5 Å². The van der Waals surface area contributed by atoms with Crippen molar-refractivity contribution in [3.63, 3.8) is 0 Å². The van der Waals surface area contributed by atoms with Gasteiger partial charge in [0.2, 0.25) is 0 Å². The summed E-state index contributed by atoms with van der Waals surface area (Å²) < 4.78 is 6.96. The zero-order valence-electron chi connectivity index (χ0n) is 10.9. The maximum atomic E-state index is 11.6. The molecular formula is C14H17N3O2. The number of nitrogens with two attached hydrogens (primary N) is 1. The monoisotopic (exact) mass is 259 g/mol. The molecule has 0 amide bonds. The van der Waals surface area contributed by atoms with Crippen LogP contribution in [0.15, 0.2) is 36.5 Å². The van der Waals surface area contributed by atoms with E-state index in [-0.39, 0.29) is 12.4 Å². The van der Waals surface area contributed by atoms with Gasteiger partial charge in [0.05, 0.1) is 13.0 Å². The molecule has 0 saturated heterocycles. The Kier molecular flexibility index (Phi) is 4.18. The summed E-state index contributed by atoms with van der Waals surface area (Å²) >= 11 is 0. The number of hydrogen-bond donors (Lipinski definition) is 1. The number of hydrogen-bond acceptors (Lipinski definition) is 4. The van der Waals surface area contributed by atoms with Gasteiger partial charge in [0, 0.05) is 31.0 Å². The second-order valence-corrected chi connectivity index (χ2v) is 4.33. The molecule has 0 radical (unpaired) electrons. The fourth-order valence-electron chi connectivity index (χ4n) is 1.77. The molecule has 1 aromatic heterocycles. The molecule has 1 heterocycles. The Bertz CT molecular complexity index is 546. The number of rotatable bonds is 5. The Labute approximate surface area is 112 Å². The van der Waals surface area contributed by atoms with Crippen LogP contribution in [-0.4, -0.2) is 22.4 Å². The number of benzene rings is 1. The smallest absolute Gasteiger partial charge is 0.310 e. The summed E-state index contributed by atoms with van der Waals surface area (Å²) in [5, 5.41) is 4.05. The summed E-state index contributed by atoms with van der Waals surface area (Å²) in [5.41, 5.74) is 8.21. The van der Waals surface area contributed by atoms with E-state index in [1.165, 1.54) is 0 Å². The molecule has 0 spiro atoms. The number of nitrogen functional groups attached to an aromatic ring is 1. The first kappa shape index (κ1) is 13.1. The van der Waals surface area contributed by atoms with Crippen LogP contribution in [0.5, 0.6) is 0 Å². The predicted molar refractivity (Wildman–Crippen MR) is 72.4 cm³/mol. The Morgan fingerprint density at radius 3 is 2.68 bits per heavy atom. The molecule has 2 N–H and O–H groups in total. The van der Waals surface area contributed by atoms with Crippen molar-refractivity contribution in [2.75, 3.05) is 12.3 Å². The lowest BCUT2D eigenvalue weighted by Gasteiger charge is -2.05. The van der Waals surface area contributed by atoms with Crippen LogP contribution in [0.1, 0.15) is 11.3 Å². The summed E-state index contributed by atoms with van der Waals surface area (Å²) in [4.78, 5) is 11.6. The van der Waals surface area contributed by atoms with Crippen LogP contribution < -0.4 is 5.73 Å². The molecule has 0 saturated carbocycles. The lowest BCUT2D eigenvalue weighted by Crippen LogP contribution is -2.11. The Morgan fingerprint density at radius 2 is 2.05 bits per heavy atom. The Morgan fingerprint density at radius 1 is 1.32 bits per heavy atom. The van der Waals surface area contributed by atoms with Crippen molar-refractivity contribution in [3.8, 4) is 0 Å². The van der Waals surface area contributed by atoms with Gasteiger partial charge in [0.1, 0.15) is 0 Å². The lowest BCUT2D eigenvalue weighted by molar-refractivity contribution is -0.142. The summed E-state index contributed by atoms with van der Waals surface area (Å²) in [5.74, 6) is -0.230. The van der Waals surface area contributed by atoms with E-state index >= 15 is 0 Å². The molecule has 100 valence electrons. The van der Waals surface area contributed by atoms with Crippen molar-refractivity contribution in [2.24, 2.45) is 7.05 Å². The van der Waals surface area contributed by atoms with E-state index in [0.29, 0.717) is 18.7 Å². The molecule has 5 nitrogen and oxygen atoms in total. The van der Waals surface area contributed by atoms with Crippen LogP contribution in [-0.2, 0) is 29.4 Å². The molecule has 0 unspecified atom stereocenters. The van der Waals surface area contributed by atoms with Gasteiger partial charge in [-0.2, -0.15) is 5.10 Å². The van der Waals surface area contributed by atoms with Crippen molar-refractivity contribution in [2.45, 2.75) is 12.8 Å². The minimum atomic E-state index is -0.230. The predicted octanol–water partition coefficient (Wildman–Crippen LogP) is 1.33. The largest absolute Gasteiger partial charge is 0.465 e. The maximum Gasteiger partial charge on any atom is 0.310 e. The molecule has 0 aliphatic heterocycles. The van der Waals surface area contributed by atoms with Gasteiger partial charge in [-0.05, 0) is 23.8 Å². The average Bonchev–Trinajstić information content (AvgIpc) is 2.78. The van der Waals surface area contributed by atoms with Crippen LogP contribution in [0.4, 0.5) is 5.69 Å². The lowest BCUT2D eigenvalue weighted by atomic mass is 10.1. The molecule has 0 aliphatic carbocycles. The highest BCUT2D eigenvalue weighted by Gasteiger charge is 2.05. The second kappa shape index (κ2) is 6.04. The first-order valence-corrected chi connectivity index (χ1v) is 6.12. The van der Waals surface area contributed by atoms with E-state index in [1.807, 2.05) is 25.2 Å². The van der Waals surface area contributed by atoms with Crippen molar-refractivity contribution in [1.82, 2.24) is 9.78 Å². The highest BCUT2D eigenvalue weighted by Crippen LogP contribution is 2.07. The first-order valence-electron chi connectivity index (χ1n) is 6.12. The number of anilines is 1. The van der Waals surface area contributed by atoms with E-state index in [2.05, 4.69) is 5.10 Å². The second-order valence-electron chi connectivity index (χ2n) is 4.33. The quantitative estimate of drug-likeness (QED) is 0.649. The molecule has 19 heavy (non-hydrogen) atoms. The average molecular weight is 259 g/mol. The van der Waals surface area contributed by atoms with Gasteiger partial charge < -0.3 is 10.5 Å². The fourth-order valence-corrected chi connectivity index (χ4v) is 1.77. The van der Waals surface area contributed by atoms with E-state index < -0.39 is 0 Å². The van der Waals surface area contributed by atoms with Crippen molar-refractivity contribution >= 4 is 11.7 Å². The fraction of sp³-hybridized carbons (Fsp3) is 0.286. The number of esters is 1. The van der Waals surface area contributed by atoms with Crippen LogP contribution in [0.2, 0.25) is 0 Å². The zero-order valence-corrected chi connectivity index (χ0v) is 10.9. The summed E-state index contributed by atoms with van der Waals surface area (Å²) in [6.45, 7) is 0.368. The van der Waals surface area contributed by atoms with Gasteiger partial charge in [-0.25, -0.2) is 0 Å². The number of carbonyl (C=O) groups is 1. The molecule has 0 atom stereocenters. The van der Waals surface area contributed by atoms with Crippen molar-refractivity contribution in [3.05, 3.63) is 47.8 Å². The molecule has 5 heteroatoms. The summed E-state index contributed by atoms with van der Waals surface area (Å²) in [7, 11) is 1.87. The highest BCUT2D eigenvalue weighted by atomic mass is 16.5. The van der Waals surface area contributed by atoms with E-state index in [1.54, 1.807) is 23.0 Å². The number of nitrogens with zero attached hydrogens (tertiary/aromatic N) is 2. The number of aromatic nitrogens is 2. The number of ether oxygens (including phenoxy) is 1. The third-order valence-electron chi connectivity index (χ3n) is 2.87. The SMILES string of the molecule is Cn1nccc1CCOC(=O)Cc1ccc(N)cc1. The van der Waals surface area contributed by atoms with Crippen LogP contribution in [0.3, 0.4) is 0 Å². The molecule has 2 rings (SSSR count). The van der Waals surface area contributed by atoms with Crippen molar-refractivity contribution in [1.29, 1.82) is 0 Å². The minimum absolute atomic E-state index is 0.230. The summed E-state index contributed by atoms with van der Waals surface area (Å²) in [6.07, 6.45) is 2.67. The standard InChI is InChI=1S/C14H17N3O2/c1-17-13(6-8-16-17)7-9-19-14(18)10-11-2-4-12(15)5-3-11/h2-6,8H,7,9-10,15H2,1H3. The van der Waals surface area contributed by atoms with E-state index in [9.17, 15) is 4.79 Å². The van der Waals surface area contributed by atoms with Gasteiger partial charge in [-0.1, -0.05) is 12.1 Å².